The second kappa shape index (κ2) is 10.4. The minimum atomic E-state index is -0.555. The molecule has 2 heterocycles. The summed E-state index contributed by atoms with van der Waals surface area (Å²) in [5.74, 6) is -0.555. The van der Waals surface area contributed by atoms with Crippen molar-refractivity contribution in [3.05, 3.63) is 46.0 Å². The summed E-state index contributed by atoms with van der Waals surface area (Å²) in [6.07, 6.45) is 1.13. The Kier molecular flexibility index (Phi) is 7.65. The molecular formula is C20H24ClFN6O4. The number of halogens is 2. The van der Waals surface area contributed by atoms with Gasteiger partial charge in [0.1, 0.15) is 11.9 Å². The first-order valence-corrected chi connectivity index (χ1v) is 10.3. The monoisotopic (exact) mass is 466 g/mol. The van der Waals surface area contributed by atoms with Gasteiger partial charge in [0.25, 0.3) is 0 Å². The average Bonchev–Trinajstić information content (AvgIpc) is 3.09. The number of hydroxylamine groups is 2. The Balaban J connectivity index is 1.69. The molecule has 3 rings (SSSR count). The number of nitrogens with one attached hydrogen (secondary N) is 2. The van der Waals surface area contributed by atoms with E-state index >= 15 is 0 Å². The predicted octanol–water partition coefficient (Wildman–Crippen LogP) is 1.71. The van der Waals surface area contributed by atoms with E-state index in [1.54, 1.807) is 9.58 Å². The van der Waals surface area contributed by atoms with E-state index in [1.165, 1.54) is 25.2 Å². The fourth-order valence-electron chi connectivity index (χ4n) is 3.46. The van der Waals surface area contributed by atoms with Crippen molar-refractivity contribution in [2.75, 3.05) is 25.5 Å². The summed E-state index contributed by atoms with van der Waals surface area (Å²) in [6.45, 7) is 3.21. The molecule has 10 nitrogen and oxygen atoms in total. The Morgan fingerprint density at radius 3 is 2.91 bits per heavy atom. The summed E-state index contributed by atoms with van der Waals surface area (Å²) in [4.78, 5) is 41.4. The van der Waals surface area contributed by atoms with Crippen molar-refractivity contribution in [2.24, 2.45) is 0 Å². The standard InChI is InChI=1S/C20H24ClFN6O4/c1-13-16-10-27(20(31)24-14-3-4-18(22)17(21)7-14)6-5-19(16)25-28(13)9-15(8-23-11-29)32-26(2)12-30/h3-4,7,11-12,15H,5-6,8-10H2,1-2H3,(H,23,29)(H,24,31). The van der Waals surface area contributed by atoms with Gasteiger partial charge in [-0.25, -0.2) is 14.2 Å². The number of anilines is 1. The molecule has 0 bridgehead atoms. The molecule has 1 aromatic heterocycles. The van der Waals surface area contributed by atoms with E-state index in [-0.39, 0.29) is 17.6 Å². The Hall–Kier alpha value is -3.18. The first-order valence-electron chi connectivity index (χ1n) is 9.90. The van der Waals surface area contributed by atoms with E-state index in [0.717, 1.165) is 22.0 Å². The van der Waals surface area contributed by atoms with E-state index in [2.05, 4.69) is 15.7 Å². The molecule has 32 heavy (non-hydrogen) atoms. The number of hydrogen-bond acceptors (Lipinski definition) is 5. The topological polar surface area (TPSA) is 109 Å². The highest BCUT2D eigenvalue weighted by molar-refractivity contribution is 6.31. The van der Waals surface area contributed by atoms with E-state index < -0.39 is 11.9 Å². The highest BCUT2D eigenvalue weighted by Gasteiger charge is 2.27. The zero-order valence-electron chi connectivity index (χ0n) is 17.7. The highest BCUT2D eigenvalue weighted by Crippen LogP contribution is 2.24. The molecule has 1 atom stereocenters. The number of hydrogen-bond donors (Lipinski definition) is 2. The van der Waals surface area contributed by atoms with Crippen molar-refractivity contribution in [2.45, 2.75) is 32.5 Å². The van der Waals surface area contributed by atoms with Gasteiger partial charge in [-0.15, -0.1) is 0 Å². The minimum Gasteiger partial charge on any atom is -0.356 e. The van der Waals surface area contributed by atoms with Crippen LogP contribution in [-0.4, -0.2) is 64.8 Å². The van der Waals surface area contributed by atoms with Gasteiger partial charge in [0.15, 0.2) is 0 Å². The molecule has 0 radical (unpaired) electrons. The smallest absolute Gasteiger partial charge is 0.322 e. The zero-order chi connectivity index (χ0) is 23.3. The molecule has 2 N–H and O–H groups in total. The van der Waals surface area contributed by atoms with Crippen LogP contribution in [0.3, 0.4) is 0 Å². The molecule has 0 fully saturated rings. The van der Waals surface area contributed by atoms with Crippen molar-refractivity contribution in [1.29, 1.82) is 0 Å². The van der Waals surface area contributed by atoms with Gasteiger partial charge in [-0.05, 0) is 25.1 Å². The third kappa shape index (κ3) is 5.54. The van der Waals surface area contributed by atoms with Gasteiger partial charge in [0, 0.05) is 43.5 Å². The van der Waals surface area contributed by atoms with E-state index in [4.69, 9.17) is 16.4 Å². The predicted molar refractivity (Wildman–Crippen MR) is 114 cm³/mol. The van der Waals surface area contributed by atoms with Gasteiger partial charge in [-0.2, -0.15) is 5.10 Å². The largest absolute Gasteiger partial charge is 0.356 e. The average molecular weight is 467 g/mol. The molecule has 1 unspecified atom stereocenters. The third-order valence-electron chi connectivity index (χ3n) is 5.11. The molecule has 172 valence electrons. The third-order valence-corrected chi connectivity index (χ3v) is 5.40. The lowest BCUT2D eigenvalue weighted by atomic mass is 10.1. The van der Waals surface area contributed by atoms with Crippen molar-refractivity contribution in [1.82, 2.24) is 25.1 Å². The number of aromatic nitrogens is 2. The summed E-state index contributed by atoms with van der Waals surface area (Å²) >= 11 is 5.78. The van der Waals surface area contributed by atoms with Crippen molar-refractivity contribution < 1.29 is 23.6 Å². The minimum absolute atomic E-state index is 0.0677. The second-order valence-corrected chi connectivity index (χ2v) is 7.74. The Morgan fingerprint density at radius 2 is 2.22 bits per heavy atom. The zero-order valence-corrected chi connectivity index (χ0v) is 18.4. The summed E-state index contributed by atoms with van der Waals surface area (Å²) in [7, 11) is 1.46. The quantitative estimate of drug-likeness (QED) is 0.432. The van der Waals surface area contributed by atoms with Crippen LogP contribution in [0.5, 0.6) is 0 Å². The molecule has 0 saturated carbocycles. The molecule has 0 spiro atoms. The summed E-state index contributed by atoms with van der Waals surface area (Å²) in [6, 6.07) is 3.67. The second-order valence-electron chi connectivity index (χ2n) is 7.33. The van der Waals surface area contributed by atoms with Crippen LogP contribution >= 0.6 is 11.6 Å². The maximum Gasteiger partial charge on any atom is 0.322 e. The van der Waals surface area contributed by atoms with Crippen LogP contribution < -0.4 is 10.6 Å². The van der Waals surface area contributed by atoms with Gasteiger partial charge in [0.05, 0.1) is 23.8 Å². The van der Waals surface area contributed by atoms with Crippen molar-refractivity contribution >= 4 is 36.1 Å². The van der Waals surface area contributed by atoms with E-state index in [1.807, 2.05) is 6.92 Å². The number of benzene rings is 1. The number of nitrogens with zero attached hydrogens (tertiary/aromatic N) is 4. The fourth-order valence-corrected chi connectivity index (χ4v) is 3.64. The number of fused-ring (bicyclic) bond motifs is 1. The lowest BCUT2D eigenvalue weighted by Gasteiger charge is -2.27. The Labute approximate surface area is 189 Å². The number of amides is 4. The summed E-state index contributed by atoms with van der Waals surface area (Å²) < 4.78 is 15.1. The molecule has 1 aliphatic heterocycles. The summed E-state index contributed by atoms with van der Waals surface area (Å²) in [5, 5.41) is 10.9. The number of rotatable bonds is 9. The van der Waals surface area contributed by atoms with Crippen molar-refractivity contribution in [3.8, 4) is 0 Å². The van der Waals surface area contributed by atoms with Crippen LogP contribution in [-0.2, 0) is 33.9 Å². The lowest BCUT2D eigenvalue weighted by Crippen LogP contribution is -2.38. The molecular weight excluding hydrogens is 443 g/mol. The first-order chi connectivity index (χ1) is 15.3. The number of carbonyl (C=O) groups excluding carboxylic acids is 3. The first kappa shape index (κ1) is 23.5. The molecule has 12 heteroatoms. The maximum atomic E-state index is 13.3. The summed E-state index contributed by atoms with van der Waals surface area (Å²) in [5.41, 5.74) is 3.06. The molecule has 0 aliphatic carbocycles. The lowest BCUT2D eigenvalue weighted by molar-refractivity contribution is -0.185. The maximum absolute atomic E-state index is 13.3. The van der Waals surface area contributed by atoms with Gasteiger partial charge >= 0.3 is 6.03 Å². The molecule has 1 aromatic carbocycles. The van der Waals surface area contributed by atoms with Crippen molar-refractivity contribution in [3.63, 3.8) is 0 Å². The normalized spacial score (nSPS) is 13.8. The number of urea groups is 1. The van der Waals surface area contributed by atoms with E-state index in [0.29, 0.717) is 44.6 Å². The van der Waals surface area contributed by atoms with Crippen LogP contribution in [0.1, 0.15) is 17.0 Å². The van der Waals surface area contributed by atoms with Gasteiger partial charge in [-0.3, -0.25) is 19.1 Å². The van der Waals surface area contributed by atoms with Crippen LogP contribution in [0.4, 0.5) is 14.9 Å². The van der Waals surface area contributed by atoms with Gasteiger partial charge in [-0.1, -0.05) is 11.6 Å². The molecule has 1 aliphatic rings. The van der Waals surface area contributed by atoms with Crippen LogP contribution in [0.25, 0.3) is 0 Å². The van der Waals surface area contributed by atoms with Gasteiger partial charge in [0.2, 0.25) is 12.8 Å². The molecule has 0 saturated heterocycles. The van der Waals surface area contributed by atoms with Crippen LogP contribution in [0, 0.1) is 12.7 Å². The molecule has 4 amide bonds. The fraction of sp³-hybridized carbons (Fsp3) is 0.400. The Morgan fingerprint density at radius 1 is 1.44 bits per heavy atom. The number of carbonyl (C=O) groups is 3. The van der Waals surface area contributed by atoms with Crippen LogP contribution in [0.2, 0.25) is 5.02 Å². The van der Waals surface area contributed by atoms with E-state index in [9.17, 15) is 18.8 Å². The SMILES string of the molecule is Cc1c2c(nn1CC(CNC=O)ON(C)C=O)CCN(C(=O)Nc1ccc(F)c(Cl)c1)C2. The van der Waals surface area contributed by atoms with Gasteiger partial charge < -0.3 is 15.5 Å². The highest BCUT2D eigenvalue weighted by atomic mass is 35.5. The van der Waals surface area contributed by atoms with Crippen LogP contribution in [0.15, 0.2) is 18.2 Å². The molecule has 2 aromatic rings. The Bertz CT molecular complexity index is 1000.